The number of nitriles is 1. The Kier molecular flexibility index (Phi) is 5.69. The molecule has 0 amide bonds. The molecule has 5 aliphatic rings. The van der Waals surface area contributed by atoms with Gasteiger partial charge < -0.3 is 14.4 Å². The molecule has 5 aliphatic carbocycles. The number of rotatable bonds is 6. The van der Waals surface area contributed by atoms with E-state index in [0.717, 1.165) is 71.5 Å². The molecular formula is C31H27Cl2N3O3S. The number of thiazole rings is 1. The lowest BCUT2D eigenvalue weighted by Crippen LogP contribution is -2.62. The maximum atomic E-state index is 12.3. The second-order valence-electron chi connectivity index (χ2n) is 12.2. The molecule has 0 unspecified atom stereocenters. The number of aliphatic hydroxyl groups is 1. The van der Waals surface area contributed by atoms with Crippen LogP contribution in [-0.2, 0) is 16.9 Å². The highest BCUT2D eigenvalue weighted by atomic mass is 35.5. The van der Waals surface area contributed by atoms with Crippen LogP contribution in [0.2, 0.25) is 10.0 Å². The Labute approximate surface area is 245 Å². The summed E-state index contributed by atoms with van der Waals surface area (Å²) in [6, 6.07) is 13.2. The Morgan fingerprint density at radius 2 is 1.85 bits per heavy atom. The lowest BCUT2D eigenvalue weighted by molar-refractivity contribution is -0.250. The predicted molar refractivity (Wildman–Crippen MR) is 153 cm³/mol. The van der Waals surface area contributed by atoms with Crippen molar-refractivity contribution in [2.45, 2.75) is 68.7 Å². The molecule has 4 bridgehead atoms. The minimum absolute atomic E-state index is 0.0811. The summed E-state index contributed by atoms with van der Waals surface area (Å²) in [4.78, 5) is 4.89. The van der Waals surface area contributed by atoms with Crippen molar-refractivity contribution >= 4 is 44.8 Å². The van der Waals surface area contributed by atoms with Gasteiger partial charge in [0.05, 0.1) is 44.1 Å². The number of benzene rings is 2. The van der Waals surface area contributed by atoms with Crippen LogP contribution in [0.25, 0.3) is 21.5 Å². The quantitative estimate of drug-likeness (QED) is 0.244. The van der Waals surface area contributed by atoms with Crippen molar-refractivity contribution in [3.8, 4) is 17.3 Å². The number of hydrogen-bond donors (Lipinski definition) is 1. The lowest BCUT2D eigenvalue weighted by Gasteiger charge is -2.62. The van der Waals surface area contributed by atoms with Crippen LogP contribution in [0.3, 0.4) is 0 Å². The van der Waals surface area contributed by atoms with E-state index in [1.165, 1.54) is 11.3 Å². The zero-order valence-electron chi connectivity index (χ0n) is 21.7. The SMILES string of the molecule is N#Cc1ccc2nc([C@@]3(O)[C@@H]4C[C@H]5C[C@H]3C[C@@](OCc3c(-c6c(Cl)cccc6Cl)noc3C3CC3)(C5)C4)sc2c1. The summed E-state index contributed by atoms with van der Waals surface area (Å²) in [5.74, 6) is 1.94. The van der Waals surface area contributed by atoms with Gasteiger partial charge in [-0.2, -0.15) is 5.26 Å². The predicted octanol–water partition coefficient (Wildman–Crippen LogP) is 7.99. The highest BCUT2D eigenvalue weighted by molar-refractivity contribution is 7.18. The zero-order chi connectivity index (χ0) is 27.2. The number of fused-ring (bicyclic) bond motifs is 1. The van der Waals surface area contributed by atoms with E-state index in [9.17, 15) is 10.4 Å². The molecule has 9 rings (SSSR count). The molecule has 2 aromatic heterocycles. The molecule has 204 valence electrons. The van der Waals surface area contributed by atoms with Gasteiger partial charge in [-0.15, -0.1) is 11.3 Å². The Balaban J connectivity index is 1.10. The topological polar surface area (TPSA) is 92.2 Å². The molecule has 0 aliphatic heterocycles. The van der Waals surface area contributed by atoms with Crippen molar-refractivity contribution < 1.29 is 14.4 Å². The molecule has 1 N–H and O–H groups in total. The van der Waals surface area contributed by atoms with Gasteiger partial charge in [-0.1, -0.05) is 34.4 Å². The summed E-state index contributed by atoms with van der Waals surface area (Å²) in [6.07, 6.45) is 6.73. The molecule has 0 radical (unpaired) electrons. The molecule has 4 aromatic rings. The Morgan fingerprint density at radius 3 is 2.55 bits per heavy atom. The number of halogens is 2. The molecule has 2 heterocycles. The van der Waals surface area contributed by atoms with Crippen LogP contribution < -0.4 is 0 Å². The summed E-state index contributed by atoms with van der Waals surface area (Å²) in [7, 11) is 0. The average molecular weight is 593 g/mol. The molecule has 0 saturated heterocycles. The van der Waals surface area contributed by atoms with Crippen molar-refractivity contribution in [3.63, 3.8) is 0 Å². The van der Waals surface area contributed by atoms with Gasteiger partial charge in [-0.3, -0.25) is 0 Å². The minimum atomic E-state index is -0.965. The van der Waals surface area contributed by atoms with E-state index in [4.69, 9.17) is 37.4 Å². The van der Waals surface area contributed by atoms with Crippen LogP contribution in [0.4, 0.5) is 0 Å². The summed E-state index contributed by atoms with van der Waals surface area (Å²) in [5, 5.41) is 27.9. The van der Waals surface area contributed by atoms with Crippen LogP contribution in [0.15, 0.2) is 40.9 Å². The zero-order valence-corrected chi connectivity index (χ0v) is 24.0. The van der Waals surface area contributed by atoms with Gasteiger partial charge in [-0.25, -0.2) is 4.98 Å². The molecule has 0 spiro atoms. The molecule has 5 fully saturated rings. The number of ether oxygens (including phenoxy) is 1. The fourth-order valence-corrected chi connectivity index (χ4v) is 9.71. The number of nitrogens with zero attached hydrogens (tertiary/aromatic N) is 3. The fourth-order valence-electron chi connectivity index (χ4n) is 7.88. The average Bonchev–Trinajstić information content (AvgIpc) is 3.55. The standard InChI is InChI=1S/C31H27Cl2N3O3S/c32-22-2-1-3-23(33)26(22)27-21(28(39-36-27)18-5-6-18)15-38-30-11-17-8-19(12-30)31(37,20(9-17)13-30)29-35-24-7-4-16(14-34)10-25(24)40-29/h1-4,7,10,17-20,37H,5-6,8-9,11-13,15H2/t17-,19+,20-,30+,31+. The van der Waals surface area contributed by atoms with Crippen molar-refractivity contribution in [1.82, 2.24) is 10.1 Å². The van der Waals surface area contributed by atoms with Crippen molar-refractivity contribution in [2.75, 3.05) is 0 Å². The molecule has 5 atom stereocenters. The van der Waals surface area contributed by atoms with Gasteiger partial charge in [0, 0.05) is 17.0 Å². The smallest absolute Gasteiger partial charge is 0.145 e. The first-order valence-corrected chi connectivity index (χ1v) is 15.5. The summed E-state index contributed by atoms with van der Waals surface area (Å²) in [5.41, 5.74) is 2.50. The van der Waals surface area contributed by atoms with Gasteiger partial charge in [-0.05, 0) is 93.0 Å². The van der Waals surface area contributed by atoms with Gasteiger partial charge in [0.25, 0.3) is 0 Å². The number of aromatic nitrogens is 2. The molecule has 9 heteroatoms. The second-order valence-corrected chi connectivity index (χ2v) is 14.0. The second kappa shape index (κ2) is 9.01. The highest BCUT2D eigenvalue weighted by Crippen LogP contribution is 2.65. The van der Waals surface area contributed by atoms with E-state index in [1.54, 1.807) is 6.07 Å². The van der Waals surface area contributed by atoms with Gasteiger partial charge in [0.1, 0.15) is 22.1 Å². The Morgan fingerprint density at radius 1 is 1.10 bits per heavy atom. The van der Waals surface area contributed by atoms with Gasteiger partial charge in [0.2, 0.25) is 0 Å². The highest BCUT2D eigenvalue weighted by Gasteiger charge is 2.64. The maximum absolute atomic E-state index is 12.3. The first kappa shape index (κ1) is 25.3. The first-order valence-electron chi connectivity index (χ1n) is 14.0. The van der Waals surface area contributed by atoms with Crippen LogP contribution in [0.5, 0.6) is 0 Å². The summed E-state index contributed by atoms with van der Waals surface area (Å²) >= 11 is 14.7. The normalized spacial score (nSPS) is 30.7. The lowest BCUT2D eigenvalue weighted by atomic mass is 9.48. The maximum Gasteiger partial charge on any atom is 0.145 e. The van der Waals surface area contributed by atoms with E-state index in [1.807, 2.05) is 30.3 Å². The van der Waals surface area contributed by atoms with Crippen molar-refractivity contribution in [1.29, 1.82) is 5.26 Å². The third-order valence-electron chi connectivity index (χ3n) is 9.73. The van der Waals surface area contributed by atoms with Crippen LogP contribution in [0.1, 0.15) is 72.8 Å². The van der Waals surface area contributed by atoms with Gasteiger partial charge in [0.15, 0.2) is 0 Å². The molecule has 40 heavy (non-hydrogen) atoms. The largest absolute Gasteiger partial charge is 0.382 e. The molecule has 6 nitrogen and oxygen atoms in total. The first-order chi connectivity index (χ1) is 19.4. The third-order valence-corrected chi connectivity index (χ3v) is 11.5. The summed E-state index contributed by atoms with van der Waals surface area (Å²) in [6.45, 7) is 0.384. The van der Waals surface area contributed by atoms with E-state index >= 15 is 0 Å². The molecule has 5 saturated carbocycles. The van der Waals surface area contributed by atoms with E-state index in [2.05, 4.69) is 11.2 Å². The minimum Gasteiger partial charge on any atom is -0.382 e. The van der Waals surface area contributed by atoms with Crippen LogP contribution in [0, 0.1) is 29.1 Å². The van der Waals surface area contributed by atoms with E-state index in [0.29, 0.717) is 45.3 Å². The summed E-state index contributed by atoms with van der Waals surface area (Å²) < 4.78 is 13.7. The van der Waals surface area contributed by atoms with Crippen LogP contribution in [-0.4, -0.2) is 20.8 Å². The Bertz CT molecular complexity index is 1670. The van der Waals surface area contributed by atoms with E-state index in [-0.39, 0.29) is 17.4 Å². The molecular weight excluding hydrogens is 565 g/mol. The molecule has 2 aromatic carbocycles. The van der Waals surface area contributed by atoms with Crippen molar-refractivity contribution in [2.24, 2.45) is 17.8 Å². The number of hydrogen-bond acceptors (Lipinski definition) is 7. The Hall–Kier alpha value is -2.47. The van der Waals surface area contributed by atoms with Gasteiger partial charge >= 0.3 is 0 Å². The third kappa shape index (κ3) is 3.80. The van der Waals surface area contributed by atoms with Crippen molar-refractivity contribution in [3.05, 3.63) is 68.3 Å². The van der Waals surface area contributed by atoms with E-state index < -0.39 is 5.60 Å². The van der Waals surface area contributed by atoms with Crippen LogP contribution >= 0.6 is 34.5 Å². The fraction of sp³-hybridized carbons (Fsp3) is 0.452. The monoisotopic (exact) mass is 591 g/mol.